The lowest BCUT2D eigenvalue weighted by atomic mass is 10.0. The number of hydrogen-bond acceptors (Lipinski definition) is 4. The Bertz CT molecular complexity index is 462. The third-order valence-corrected chi connectivity index (χ3v) is 3.33. The van der Waals surface area contributed by atoms with Crippen molar-refractivity contribution in [1.29, 1.82) is 0 Å². The molecule has 1 heterocycles. The number of anilines is 1. The largest absolute Gasteiger partial charge is 0.497 e. The fourth-order valence-corrected chi connectivity index (χ4v) is 2.25. The fourth-order valence-electron chi connectivity index (χ4n) is 2.25. The van der Waals surface area contributed by atoms with Crippen molar-refractivity contribution in [3.05, 3.63) is 23.8 Å². The van der Waals surface area contributed by atoms with Crippen LogP contribution < -0.4 is 15.8 Å². The van der Waals surface area contributed by atoms with Crippen LogP contribution in [0.15, 0.2) is 18.2 Å². The zero-order chi connectivity index (χ0) is 13.8. The summed E-state index contributed by atoms with van der Waals surface area (Å²) in [4.78, 5) is 12.2. The van der Waals surface area contributed by atoms with E-state index in [-0.39, 0.29) is 18.1 Å². The van der Waals surface area contributed by atoms with Crippen LogP contribution in [-0.2, 0) is 4.74 Å². The Morgan fingerprint density at radius 2 is 2.32 bits per heavy atom. The summed E-state index contributed by atoms with van der Waals surface area (Å²) in [5.74, 6) is 0.468. The summed E-state index contributed by atoms with van der Waals surface area (Å²) in [6.07, 6.45) is 1.84. The smallest absolute Gasteiger partial charge is 0.253 e. The summed E-state index contributed by atoms with van der Waals surface area (Å²) in [6, 6.07) is 5.22. The average Bonchev–Trinajstić information content (AvgIpc) is 2.39. The number of nitrogens with two attached hydrogens (primary N) is 1. The van der Waals surface area contributed by atoms with Gasteiger partial charge >= 0.3 is 0 Å². The van der Waals surface area contributed by atoms with E-state index in [0.29, 0.717) is 23.6 Å². The highest BCUT2D eigenvalue weighted by atomic mass is 16.5. The lowest BCUT2D eigenvalue weighted by molar-refractivity contribution is 0.0137. The number of carbonyl (C=O) groups excluding carboxylic acids is 1. The molecule has 0 spiro atoms. The Balaban J connectivity index is 2.06. The number of amides is 1. The van der Waals surface area contributed by atoms with Crippen LogP contribution in [0.5, 0.6) is 5.75 Å². The number of carbonyl (C=O) groups is 1. The first-order valence-corrected chi connectivity index (χ1v) is 6.46. The van der Waals surface area contributed by atoms with Crippen molar-refractivity contribution in [3.8, 4) is 5.75 Å². The second-order valence-electron chi connectivity index (χ2n) is 4.83. The summed E-state index contributed by atoms with van der Waals surface area (Å²) in [5, 5.41) is 3.00. The molecule has 1 saturated heterocycles. The van der Waals surface area contributed by atoms with Crippen LogP contribution in [0.4, 0.5) is 5.69 Å². The minimum Gasteiger partial charge on any atom is -0.497 e. The fraction of sp³-hybridized carbons (Fsp3) is 0.500. The number of hydrogen-bond donors (Lipinski definition) is 2. The molecular weight excluding hydrogens is 244 g/mol. The minimum atomic E-state index is -0.157. The van der Waals surface area contributed by atoms with Crippen LogP contribution in [0.3, 0.4) is 0 Å². The maximum atomic E-state index is 12.2. The van der Waals surface area contributed by atoms with Crippen molar-refractivity contribution in [2.45, 2.75) is 31.9 Å². The van der Waals surface area contributed by atoms with Gasteiger partial charge in [0.2, 0.25) is 0 Å². The van der Waals surface area contributed by atoms with E-state index in [4.69, 9.17) is 15.2 Å². The first-order chi connectivity index (χ1) is 9.10. The maximum absolute atomic E-state index is 12.2. The van der Waals surface area contributed by atoms with Crippen LogP contribution in [-0.4, -0.2) is 31.8 Å². The first kappa shape index (κ1) is 13.7. The molecule has 3 N–H and O–H groups in total. The monoisotopic (exact) mass is 264 g/mol. The van der Waals surface area contributed by atoms with Gasteiger partial charge in [-0.05, 0) is 38.0 Å². The molecule has 5 nitrogen and oxygen atoms in total. The van der Waals surface area contributed by atoms with Gasteiger partial charge < -0.3 is 20.5 Å². The van der Waals surface area contributed by atoms with Gasteiger partial charge in [-0.25, -0.2) is 0 Å². The van der Waals surface area contributed by atoms with E-state index >= 15 is 0 Å². The number of methoxy groups -OCH3 is 1. The number of rotatable bonds is 3. The van der Waals surface area contributed by atoms with Crippen molar-refractivity contribution >= 4 is 11.6 Å². The van der Waals surface area contributed by atoms with E-state index in [9.17, 15) is 4.79 Å². The number of nitrogen functional groups attached to an aromatic ring is 1. The Morgan fingerprint density at radius 1 is 1.53 bits per heavy atom. The SMILES string of the molecule is COc1ccc(N)c(C(=O)NC2CCOC(C)C2)c1. The normalized spacial score (nSPS) is 22.8. The molecule has 1 fully saturated rings. The molecule has 5 heteroatoms. The Labute approximate surface area is 113 Å². The maximum Gasteiger partial charge on any atom is 0.253 e. The van der Waals surface area contributed by atoms with Crippen LogP contribution in [0.2, 0.25) is 0 Å². The van der Waals surface area contributed by atoms with Gasteiger partial charge in [0.05, 0.1) is 18.8 Å². The summed E-state index contributed by atoms with van der Waals surface area (Å²) in [5.41, 5.74) is 6.75. The molecule has 1 aliphatic heterocycles. The van der Waals surface area contributed by atoms with Crippen molar-refractivity contribution < 1.29 is 14.3 Å². The molecule has 1 aromatic carbocycles. The minimum absolute atomic E-state index is 0.141. The highest BCUT2D eigenvalue weighted by molar-refractivity contribution is 5.99. The van der Waals surface area contributed by atoms with Crippen LogP contribution in [0, 0.1) is 0 Å². The lowest BCUT2D eigenvalue weighted by Crippen LogP contribution is -2.41. The quantitative estimate of drug-likeness (QED) is 0.813. The predicted molar refractivity (Wildman–Crippen MR) is 73.3 cm³/mol. The predicted octanol–water partition coefficient (Wildman–Crippen LogP) is 1.57. The Morgan fingerprint density at radius 3 is 3.00 bits per heavy atom. The van der Waals surface area contributed by atoms with Crippen LogP contribution >= 0.6 is 0 Å². The first-order valence-electron chi connectivity index (χ1n) is 6.46. The molecule has 19 heavy (non-hydrogen) atoms. The number of ether oxygens (including phenoxy) is 2. The zero-order valence-electron chi connectivity index (χ0n) is 11.3. The lowest BCUT2D eigenvalue weighted by Gasteiger charge is -2.28. The van der Waals surface area contributed by atoms with E-state index in [0.717, 1.165) is 12.8 Å². The second-order valence-corrected chi connectivity index (χ2v) is 4.83. The molecule has 0 saturated carbocycles. The van der Waals surface area contributed by atoms with Crippen LogP contribution in [0.1, 0.15) is 30.1 Å². The molecule has 0 aliphatic carbocycles. The third-order valence-electron chi connectivity index (χ3n) is 3.33. The molecule has 0 aromatic heterocycles. The molecule has 2 unspecified atom stereocenters. The molecule has 1 aromatic rings. The molecule has 1 aliphatic rings. The van der Waals surface area contributed by atoms with Crippen molar-refractivity contribution in [2.75, 3.05) is 19.5 Å². The van der Waals surface area contributed by atoms with Crippen molar-refractivity contribution in [1.82, 2.24) is 5.32 Å². The number of nitrogens with one attached hydrogen (secondary N) is 1. The molecule has 0 bridgehead atoms. The Hall–Kier alpha value is -1.75. The second kappa shape index (κ2) is 5.93. The van der Waals surface area contributed by atoms with Crippen LogP contribution in [0.25, 0.3) is 0 Å². The van der Waals surface area contributed by atoms with E-state index in [2.05, 4.69) is 5.32 Å². The standard InChI is InChI=1S/C14H20N2O3/c1-9-7-10(5-6-19-9)16-14(17)12-8-11(18-2)3-4-13(12)15/h3-4,8-10H,5-7,15H2,1-2H3,(H,16,17). The molecule has 2 rings (SSSR count). The Kier molecular flexibility index (Phi) is 4.27. The summed E-state index contributed by atoms with van der Waals surface area (Å²) in [7, 11) is 1.56. The van der Waals surface area contributed by atoms with Gasteiger partial charge in [-0.1, -0.05) is 0 Å². The zero-order valence-corrected chi connectivity index (χ0v) is 11.3. The topological polar surface area (TPSA) is 73.6 Å². The van der Waals surface area contributed by atoms with Gasteiger partial charge in [0.25, 0.3) is 5.91 Å². The van der Waals surface area contributed by atoms with Gasteiger partial charge in [0.1, 0.15) is 5.75 Å². The number of benzene rings is 1. The molecule has 104 valence electrons. The highest BCUT2D eigenvalue weighted by Gasteiger charge is 2.22. The van der Waals surface area contributed by atoms with Gasteiger partial charge in [0, 0.05) is 18.3 Å². The van der Waals surface area contributed by atoms with Crippen molar-refractivity contribution in [2.24, 2.45) is 0 Å². The third kappa shape index (κ3) is 3.38. The highest BCUT2D eigenvalue weighted by Crippen LogP contribution is 2.20. The van der Waals surface area contributed by atoms with E-state index in [1.54, 1.807) is 25.3 Å². The van der Waals surface area contributed by atoms with Crippen molar-refractivity contribution in [3.63, 3.8) is 0 Å². The van der Waals surface area contributed by atoms with Gasteiger partial charge in [-0.15, -0.1) is 0 Å². The van der Waals surface area contributed by atoms with Gasteiger partial charge in [0.15, 0.2) is 0 Å². The summed E-state index contributed by atoms with van der Waals surface area (Å²) >= 11 is 0. The van der Waals surface area contributed by atoms with E-state index in [1.807, 2.05) is 6.92 Å². The molecule has 0 radical (unpaired) electrons. The average molecular weight is 264 g/mol. The summed E-state index contributed by atoms with van der Waals surface area (Å²) in [6.45, 7) is 2.69. The van der Waals surface area contributed by atoms with E-state index in [1.165, 1.54) is 0 Å². The molecule has 2 atom stereocenters. The molecule has 1 amide bonds. The summed E-state index contributed by atoms with van der Waals surface area (Å²) < 4.78 is 10.6. The molecular formula is C14H20N2O3. The van der Waals surface area contributed by atoms with E-state index < -0.39 is 0 Å². The van der Waals surface area contributed by atoms with Gasteiger partial charge in [-0.3, -0.25) is 4.79 Å². The van der Waals surface area contributed by atoms with Gasteiger partial charge in [-0.2, -0.15) is 0 Å².